The van der Waals surface area contributed by atoms with Gasteiger partial charge in [-0.25, -0.2) is 4.98 Å². The summed E-state index contributed by atoms with van der Waals surface area (Å²) in [6, 6.07) is 7.94. The minimum atomic E-state index is -0.0895. The molecule has 0 spiro atoms. The van der Waals surface area contributed by atoms with Gasteiger partial charge in [0, 0.05) is 33.7 Å². The Labute approximate surface area is 158 Å². The van der Waals surface area contributed by atoms with Gasteiger partial charge in [-0.15, -0.1) is 11.3 Å². The number of nitrogens with one attached hydrogen (secondary N) is 2. The molecule has 0 unspecified atom stereocenters. The second-order valence-electron chi connectivity index (χ2n) is 5.70. The van der Waals surface area contributed by atoms with Crippen LogP contribution in [0.25, 0.3) is 0 Å². The highest BCUT2D eigenvalue weighted by molar-refractivity contribution is 7.11. The number of carbonyl (C=O) groups excluding carboxylic acids is 1. The molecule has 140 valence electrons. The van der Waals surface area contributed by atoms with E-state index in [2.05, 4.69) is 20.6 Å². The van der Waals surface area contributed by atoms with Gasteiger partial charge in [-0.1, -0.05) is 12.1 Å². The number of thiazole rings is 1. The smallest absolute Gasteiger partial charge is 0.263 e. The van der Waals surface area contributed by atoms with E-state index in [9.17, 15) is 4.79 Å². The number of ether oxygens (including phenoxy) is 1. The van der Waals surface area contributed by atoms with Gasteiger partial charge in [0.25, 0.3) is 5.91 Å². The van der Waals surface area contributed by atoms with Crippen LogP contribution in [0.15, 0.2) is 34.8 Å². The van der Waals surface area contributed by atoms with E-state index in [1.165, 1.54) is 11.3 Å². The fourth-order valence-electron chi connectivity index (χ4n) is 2.41. The highest BCUT2D eigenvalue weighted by Crippen LogP contribution is 2.13. The molecule has 26 heavy (non-hydrogen) atoms. The summed E-state index contributed by atoms with van der Waals surface area (Å²) < 4.78 is 5.17. The number of hydrogen-bond acceptors (Lipinski definition) is 5. The minimum absolute atomic E-state index is 0.0895. The van der Waals surface area contributed by atoms with Crippen molar-refractivity contribution in [3.05, 3.63) is 45.9 Å². The van der Waals surface area contributed by atoms with Crippen LogP contribution < -0.4 is 15.4 Å². The molecule has 0 saturated carbocycles. The summed E-state index contributed by atoms with van der Waals surface area (Å²) in [5, 5.41) is 6.14. The summed E-state index contributed by atoms with van der Waals surface area (Å²) in [5.41, 5.74) is 3.60. The summed E-state index contributed by atoms with van der Waals surface area (Å²) in [4.78, 5) is 23.1. The average molecular weight is 375 g/mol. The van der Waals surface area contributed by atoms with Crippen molar-refractivity contribution >= 4 is 23.2 Å². The third-order valence-corrected chi connectivity index (χ3v) is 4.72. The third-order valence-electron chi connectivity index (χ3n) is 3.80. The molecule has 2 rings (SSSR count). The summed E-state index contributed by atoms with van der Waals surface area (Å²) >= 11 is 1.35. The van der Waals surface area contributed by atoms with E-state index in [-0.39, 0.29) is 5.91 Å². The monoisotopic (exact) mass is 375 g/mol. The van der Waals surface area contributed by atoms with Crippen LogP contribution in [0.5, 0.6) is 5.75 Å². The van der Waals surface area contributed by atoms with E-state index in [1.54, 1.807) is 19.7 Å². The molecule has 0 aliphatic heterocycles. The van der Waals surface area contributed by atoms with Crippen molar-refractivity contribution in [2.24, 2.45) is 4.99 Å². The molecule has 0 bridgehead atoms. The van der Waals surface area contributed by atoms with Crippen molar-refractivity contribution in [3.63, 3.8) is 0 Å². The molecule has 1 aromatic carbocycles. The van der Waals surface area contributed by atoms with Crippen molar-refractivity contribution in [2.45, 2.75) is 13.5 Å². The minimum Gasteiger partial charge on any atom is -0.497 e. The molecule has 2 N–H and O–H groups in total. The van der Waals surface area contributed by atoms with E-state index in [1.807, 2.05) is 43.1 Å². The molecule has 1 aromatic heterocycles. The lowest BCUT2D eigenvalue weighted by atomic mass is 10.2. The Morgan fingerprint density at radius 1 is 1.27 bits per heavy atom. The summed E-state index contributed by atoms with van der Waals surface area (Å²) in [5.74, 6) is 1.52. The predicted octanol–water partition coefficient (Wildman–Crippen LogP) is 1.90. The third kappa shape index (κ3) is 5.45. The van der Waals surface area contributed by atoms with Crippen molar-refractivity contribution in [1.29, 1.82) is 0 Å². The van der Waals surface area contributed by atoms with E-state index in [0.717, 1.165) is 29.5 Å². The normalized spacial score (nSPS) is 11.2. The van der Waals surface area contributed by atoms with E-state index in [4.69, 9.17) is 4.74 Å². The largest absolute Gasteiger partial charge is 0.497 e. The number of amides is 1. The summed E-state index contributed by atoms with van der Waals surface area (Å²) in [6.45, 7) is 3.64. The van der Waals surface area contributed by atoms with E-state index in [0.29, 0.717) is 18.0 Å². The standard InChI is InChI=1S/C18H25N5O2S/c1-13-16(26-12-22-13)17(24)20-9-10-21-18(19-2)23(3)11-14-5-7-15(25-4)8-6-14/h5-8,12H,9-11H2,1-4H3,(H,19,21)(H,20,24). The lowest BCUT2D eigenvalue weighted by molar-refractivity contribution is 0.0957. The Hall–Kier alpha value is -2.61. The zero-order chi connectivity index (χ0) is 18.9. The van der Waals surface area contributed by atoms with Crippen LogP contribution >= 0.6 is 11.3 Å². The van der Waals surface area contributed by atoms with Crippen LogP contribution in [0, 0.1) is 6.92 Å². The van der Waals surface area contributed by atoms with Crippen LogP contribution in [0.2, 0.25) is 0 Å². The van der Waals surface area contributed by atoms with Gasteiger partial charge in [0.05, 0.1) is 18.3 Å². The first-order valence-corrected chi connectivity index (χ1v) is 9.16. The van der Waals surface area contributed by atoms with Crippen molar-refractivity contribution in [3.8, 4) is 5.75 Å². The number of aliphatic imine (C=N–C) groups is 1. The maximum Gasteiger partial charge on any atom is 0.263 e. The quantitative estimate of drug-likeness (QED) is 0.439. The Balaban J connectivity index is 1.77. The Morgan fingerprint density at radius 3 is 2.54 bits per heavy atom. The van der Waals surface area contributed by atoms with E-state index >= 15 is 0 Å². The second kappa shape index (κ2) is 9.76. The number of rotatable bonds is 7. The molecule has 8 heteroatoms. The first-order chi connectivity index (χ1) is 12.5. The molecule has 0 fully saturated rings. The van der Waals surface area contributed by atoms with Crippen molar-refractivity contribution in [1.82, 2.24) is 20.5 Å². The zero-order valence-electron chi connectivity index (χ0n) is 15.6. The molecule has 0 saturated heterocycles. The van der Waals surface area contributed by atoms with Gasteiger partial charge < -0.3 is 20.3 Å². The number of carbonyl (C=O) groups is 1. The topological polar surface area (TPSA) is 78.8 Å². The maximum atomic E-state index is 12.0. The Bertz CT molecular complexity index is 742. The van der Waals surface area contributed by atoms with Gasteiger partial charge in [-0.3, -0.25) is 9.79 Å². The SMILES string of the molecule is CN=C(NCCNC(=O)c1scnc1C)N(C)Cc1ccc(OC)cc1. The average Bonchev–Trinajstić information content (AvgIpc) is 3.08. The highest BCUT2D eigenvalue weighted by atomic mass is 32.1. The molecule has 0 radical (unpaired) electrons. The number of nitrogens with zero attached hydrogens (tertiary/aromatic N) is 3. The molecule has 2 aromatic rings. The number of guanidine groups is 1. The highest BCUT2D eigenvalue weighted by Gasteiger charge is 2.11. The van der Waals surface area contributed by atoms with Crippen LogP contribution in [0.4, 0.5) is 0 Å². The van der Waals surface area contributed by atoms with Gasteiger partial charge in [0.15, 0.2) is 5.96 Å². The van der Waals surface area contributed by atoms with Crippen LogP contribution in [0.3, 0.4) is 0 Å². The Kier molecular flexibility index (Phi) is 7.40. The number of methoxy groups -OCH3 is 1. The number of aryl methyl sites for hydroxylation is 1. The number of hydrogen-bond donors (Lipinski definition) is 2. The molecule has 7 nitrogen and oxygen atoms in total. The van der Waals surface area contributed by atoms with Crippen molar-refractivity contribution in [2.75, 3.05) is 34.3 Å². The lowest BCUT2D eigenvalue weighted by Crippen LogP contribution is -2.42. The molecule has 0 atom stereocenters. The van der Waals surface area contributed by atoms with Crippen molar-refractivity contribution < 1.29 is 9.53 Å². The molecule has 0 aliphatic rings. The van der Waals surface area contributed by atoms with E-state index < -0.39 is 0 Å². The molecule has 1 heterocycles. The van der Waals surface area contributed by atoms with Gasteiger partial charge in [-0.05, 0) is 24.6 Å². The molecule has 0 aliphatic carbocycles. The van der Waals surface area contributed by atoms with Gasteiger partial charge in [-0.2, -0.15) is 0 Å². The predicted molar refractivity (Wildman–Crippen MR) is 105 cm³/mol. The fourth-order valence-corrected chi connectivity index (χ4v) is 3.13. The molecular formula is C18H25N5O2S. The molecule has 1 amide bonds. The first-order valence-electron chi connectivity index (χ1n) is 8.28. The van der Waals surface area contributed by atoms with Gasteiger partial charge in [0.2, 0.25) is 0 Å². The zero-order valence-corrected chi connectivity index (χ0v) is 16.4. The number of aromatic nitrogens is 1. The van der Waals surface area contributed by atoms with Crippen LogP contribution in [-0.4, -0.2) is 56.0 Å². The van der Waals surface area contributed by atoms with Crippen LogP contribution in [0.1, 0.15) is 20.9 Å². The summed E-state index contributed by atoms with van der Waals surface area (Å²) in [7, 11) is 5.37. The van der Waals surface area contributed by atoms with Gasteiger partial charge in [0.1, 0.15) is 10.6 Å². The van der Waals surface area contributed by atoms with Gasteiger partial charge >= 0.3 is 0 Å². The molecular weight excluding hydrogens is 350 g/mol. The summed E-state index contributed by atoms with van der Waals surface area (Å²) in [6.07, 6.45) is 0. The Morgan fingerprint density at radius 2 is 1.96 bits per heavy atom. The first kappa shape index (κ1) is 19.7. The number of benzene rings is 1. The van der Waals surface area contributed by atoms with Crippen LogP contribution in [-0.2, 0) is 6.54 Å². The maximum absolute atomic E-state index is 12.0. The lowest BCUT2D eigenvalue weighted by Gasteiger charge is -2.22. The fraction of sp³-hybridized carbons (Fsp3) is 0.389. The second-order valence-corrected chi connectivity index (χ2v) is 6.56.